The van der Waals surface area contributed by atoms with Crippen LogP contribution in [0.15, 0.2) is 23.3 Å². The molecule has 156 valence electrons. The number of hydrogen-bond donors (Lipinski definition) is 1. The monoisotopic (exact) mass is 425 g/mol. The predicted molar refractivity (Wildman–Crippen MR) is 102 cm³/mol. The SMILES string of the molecule is Cn1/c(=N/NC(=O)C23CC4CC(CC(C4)C2)C3)sc2cc(OC(F)(F)F)ccc21. The number of carbonyl (C=O) groups is 1. The Labute approximate surface area is 169 Å². The molecule has 1 amide bonds. The fourth-order valence-corrected chi connectivity index (χ4v) is 7.03. The van der Waals surface area contributed by atoms with Crippen molar-refractivity contribution in [2.75, 3.05) is 0 Å². The topological polar surface area (TPSA) is 55.6 Å². The van der Waals surface area contributed by atoms with Gasteiger partial charge in [0.15, 0.2) is 0 Å². The first-order valence-corrected chi connectivity index (χ1v) is 10.7. The van der Waals surface area contributed by atoms with Crippen molar-refractivity contribution >= 4 is 27.5 Å². The Kier molecular flexibility index (Phi) is 4.24. The molecular formula is C20H22F3N3O2S. The number of fused-ring (bicyclic) bond motifs is 1. The summed E-state index contributed by atoms with van der Waals surface area (Å²) in [4.78, 5) is 13.6. The van der Waals surface area contributed by atoms with Crippen LogP contribution < -0.4 is 15.0 Å². The zero-order chi connectivity index (χ0) is 20.4. The van der Waals surface area contributed by atoms with E-state index in [0.717, 1.165) is 24.8 Å². The second-order valence-corrected chi connectivity index (χ2v) is 9.88. The number of nitrogens with zero attached hydrogens (tertiary/aromatic N) is 2. The molecule has 0 spiro atoms. The van der Waals surface area contributed by atoms with Gasteiger partial charge in [0.05, 0.1) is 15.6 Å². The van der Waals surface area contributed by atoms with Crippen molar-refractivity contribution in [1.29, 1.82) is 0 Å². The minimum absolute atomic E-state index is 0.00449. The summed E-state index contributed by atoms with van der Waals surface area (Å²) in [6.45, 7) is 0. The Morgan fingerprint density at radius 2 is 1.83 bits per heavy atom. The lowest BCUT2D eigenvalue weighted by atomic mass is 9.49. The van der Waals surface area contributed by atoms with E-state index in [1.54, 1.807) is 17.7 Å². The lowest BCUT2D eigenvalue weighted by Crippen LogP contribution is -2.53. The third kappa shape index (κ3) is 3.43. The summed E-state index contributed by atoms with van der Waals surface area (Å²) in [6.07, 6.45) is 1.92. The van der Waals surface area contributed by atoms with E-state index in [2.05, 4.69) is 15.3 Å². The van der Waals surface area contributed by atoms with Crippen molar-refractivity contribution in [2.24, 2.45) is 35.3 Å². The summed E-state index contributed by atoms with van der Waals surface area (Å²) >= 11 is 1.22. The van der Waals surface area contributed by atoms with Crippen LogP contribution in [0.25, 0.3) is 10.2 Å². The fourth-order valence-electron chi connectivity index (χ4n) is 6.02. The summed E-state index contributed by atoms with van der Waals surface area (Å²) in [5.41, 5.74) is 3.21. The number of carbonyl (C=O) groups excluding carboxylic acids is 1. The molecule has 4 aliphatic carbocycles. The molecule has 5 nitrogen and oxygen atoms in total. The van der Waals surface area contributed by atoms with Gasteiger partial charge in [0.25, 0.3) is 0 Å². The molecule has 1 aromatic carbocycles. The van der Waals surface area contributed by atoms with E-state index in [-0.39, 0.29) is 17.1 Å². The average molecular weight is 425 g/mol. The van der Waals surface area contributed by atoms with Gasteiger partial charge in [0.2, 0.25) is 10.7 Å². The second-order valence-electron chi connectivity index (χ2n) is 8.87. The number of aryl methyl sites for hydroxylation is 1. The zero-order valence-electron chi connectivity index (χ0n) is 16.0. The van der Waals surface area contributed by atoms with Gasteiger partial charge in [0.1, 0.15) is 5.75 Å². The molecule has 4 saturated carbocycles. The van der Waals surface area contributed by atoms with Crippen LogP contribution in [-0.4, -0.2) is 16.8 Å². The molecule has 6 rings (SSSR count). The summed E-state index contributed by atoms with van der Waals surface area (Å²) in [5.74, 6) is 1.73. The first-order chi connectivity index (χ1) is 13.7. The maximum atomic E-state index is 13.1. The third-order valence-corrected chi connectivity index (χ3v) is 7.88. The summed E-state index contributed by atoms with van der Waals surface area (Å²) < 4.78 is 43.7. The van der Waals surface area contributed by atoms with E-state index in [9.17, 15) is 18.0 Å². The van der Waals surface area contributed by atoms with Crippen molar-refractivity contribution in [2.45, 2.75) is 44.9 Å². The van der Waals surface area contributed by atoms with Gasteiger partial charge in [-0.2, -0.15) is 0 Å². The molecule has 4 bridgehead atoms. The number of benzene rings is 1. The van der Waals surface area contributed by atoms with E-state index in [4.69, 9.17) is 0 Å². The molecule has 0 atom stereocenters. The van der Waals surface area contributed by atoms with Crippen LogP contribution in [0.5, 0.6) is 5.75 Å². The van der Waals surface area contributed by atoms with Gasteiger partial charge in [-0.15, -0.1) is 18.3 Å². The number of nitrogens with one attached hydrogen (secondary N) is 1. The fraction of sp³-hybridized carbons (Fsp3) is 0.600. The van der Waals surface area contributed by atoms with Crippen molar-refractivity contribution < 1.29 is 22.7 Å². The zero-order valence-corrected chi connectivity index (χ0v) is 16.8. The average Bonchev–Trinajstić information content (AvgIpc) is 2.92. The predicted octanol–water partition coefficient (Wildman–Crippen LogP) is 4.29. The van der Waals surface area contributed by atoms with E-state index in [1.165, 1.54) is 42.7 Å². The molecule has 0 saturated heterocycles. The molecule has 0 aliphatic heterocycles. The number of hydrogen-bond acceptors (Lipinski definition) is 4. The number of rotatable bonds is 3. The first-order valence-electron chi connectivity index (χ1n) is 9.90. The maximum absolute atomic E-state index is 13.1. The number of alkyl halides is 3. The molecule has 9 heteroatoms. The van der Waals surface area contributed by atoms with Gasteiger partial charge in [-0.05, 0) is 74.5 Å². The van der Waals surface area contributed by atoms with Gasteiger partial charge in [-0.3, -0.25) is 4.79 Å². The van der Waals surface area contributed by atoms with Crippen molar-refractivity contribution in [3.8, 4) is 5.75 Å². The Morgan fingerprint density at radius 1 is 1.21 bits per heavy atom. The third-order valence-electron chi connectivity index (χ3n) is 6.79. The van der Waals surface area contributed by atoms with E-state index >= 15 is 0 Å². The quantitative estimate of drug-likeness (QED) is 0.746. The molecule has 1 N–H and O–H groups in total. The Balaban J connectivity index is 1.39. The molecular weight excluding hydrogens is 403 g/mol. The smallest absolute Gasteiger partial charge is 0.406 e. The molecule has 1 aromatic heterocycles. The highest BCUT2D eigenvalue weighted by molar-refractivity contribution is 7.16. The highest BCUT2D eigenvalue weighted by Gasteiger charge is 2.54. The van der Waals surface area contributed by atoms with Crippen molar-refractivity contribution in [1.82, 2.24) is 9.99 Å². The summed E-state index contributed by atoms with van der Waals surface area (Å²) in [6, 6.07) is 4.18. The Hall–Kier alpha value is -2.03. The maximum Gasteiger partial charge on any atom is 0.573 e. The van der Waals surface area contributed by atoms with Crippen LogP contribution >= 0.6 is 11.3 Å². The van der Waals surface area contributed by atoms with Crippen LogP contribution in [0.3, 0.4) is 0 Å². The largest absolute Gasteiger partial charge is 0.573 e. The van der Waals surface area contributed by atoms with Gasteiger partial charge in [-0.1, -0.05) is 11.3 Å². The molecule has 2 aromatic rings. The lowest BCUT2D eigenvalue weighted by Gasteiger charge is -2.55. The van der Waals surface area contributed by atoms with Crippen LogP contribution in [0.2, 0.25) is 0 Å². The Morgan fingerprint density at radius 3 is 2.41 bits per heavy atom. The summed E-state index contributed by atoms with van der Waals surface area (Å²) in [5, 5.41) is 4.32. The molecule has 4 aliphatic rings. The minimum Gasteiger partial charge on any atom is -0.406 e. The highest BCUT2D eigenvalue weighted by Crippen LogP contribution is 2.60. The van der Waals surface area contributed by atoms with Crippen LogP contribution in [-0.2, 0) is 11.8 Å². The van der Waals surface area contributed by atoms with Crippen molar-refractivity contribution in [3.05, 3.63) is 23.0 Å². The van der Waals surface area contributed by atoms with Crippen LogP contribution in [0.1, 0.15) is 38.5 Å². The molecule has 4 fully saturated rings. The van der Waals surface area contributed by atoms with E-state index < -0.39 is 6.36 Å². The van der Waals surface area contributed by atoms with Gasteiger partial charge >= 0.3 is 6.36 Å². The second kappa shape index (κ2) is 6.48. The number of ether oxygens (including phenoxy) is 1. The molecule has 0 unspecified atom stereocenters. The number of halogens is 3. The number of thiazole rings is 1. The highest BCUT2D eigenvalue weighted by atomic mass is 32.1. The van der Waals surface area contributed by atoms with Gasteiger partial charge in [0, 0.05) is 7.05 Å². The normalized spacial score (nSPS) is 31.4. The van der Waals surface area contributed by atoms with Crippen molar-refractivity contribution in [3.63, 3.8) is 0 Å². The van der Waals surface area contributed by atoms with E-state index in [1.807, 2.05) is 0 Å². The lowest BCUT2D eigenvalue weighted by molar-refractivity contribution is -0.274. The van der Waals surface area contributed by atoms with Crippen LogP contribution in [0, 0.1) is 23.2 Å². The van der Waals surface area contributed by atoms with E-state index in [0.29, 0.717) is 27.3 Å². The standard InChI is InChI=1S/C20H22F3N3O2S/c1-26-15-3-2-14(28-20(21,22)23)7-16(15)29-18(26)25-24-17(27)19-8-11-4-12(9-19)6-13(5-11)10-19/h2-3,7,11-13H,4-6,8-10H2,1H3,(H,24,27)/b25-18-. The molecule has 1 heterocycles. The van der Waals surface area contributed by atoms with Crippen LogP contribution in [0.4, 0.5) is 13.2 Å². The first kappa shape index (κ1) is 19.0. The Bertz CT molecular complexity index is 1000. The minimum atomic E-state index is -4.73. The van der Waals surface area contributed by atoms with Gasteiger partial charge < -0.3 is 9.30 Å². The van der Waals surface area contributed by atoms with Gasteiger partial charge in [-0.25, -0.2) is 5.43 Å². The number of amides is 1. The molecule has 29 heavy (non-hydrogen) atoms. The summed E-state index contributed by atoms with van der Waals surface area (Å²) in [7, 11) is 1.78. The number of aromatic nitrogens is 1. The molecule has 0 radical (unpaired) electrons.